The number of nitriles is 1. The summed E-state index contributed by atoms with van der Waals surface area (Å²) in [5, 5.41) is 8.59. The predicted molar refractivity (Wildman–Crippen MR) is 58.8 cm³/mol. The summed E-state index contributed by atoms with van der Waals surface area (Å²) in [7, 11) is 0. The highest BCUT2D eigenvalue weighted by Crippen LogP contribution is 2.27. The van der Waals surface area contributed by atoms with Gasteiger partial charge in [0.1, 0.15) is 0 Å². The second-order valence-corrected chi connectivity index (χ2v) is 4.54. The Balaban J connectivity index is 2.25. The van der Waals surface area contributed by atoms with Crippen LogP contribution in [0.2, 0.25) is 0 Å². The van der Waals surface area contributed by atoms with Gasteiger partial charge in [-0.1, -0.05) is 26.7 Å². The van der Waals surface area contributed by atoms with E-state index < -0.39 is 0 Å². The molecule has 1 unspecified atom stereocenters. The van der Waals surface area contributed by atoms with Gasteiger partial charge < -0.3 is 0 Å². The van der Waals surface area contributed by atoms with Crippen LogP contribution >= 0.6 is 0 Å². The molecule has 0 radical (unpaired) electrons. The van der Waals surface area contributed by atoms with Gasteiger partial charge in [0.05, 0.1) is 12.6 Å². The van der Waals surface area contributed by atoms with E-state index in [-0.39, 0.29) is 0 Å². The zero-order valence-corrected chi connectivity index (χ0v) is 9.50. The van der Waals surface area contributed by atoms with Crippen LogP contribution in [-0.2, 0) is 0 Å². The molecule has 1 rings (SSSR count). The molecule has 1 aliphatic heterocycles. The third-order valence-electron chi connectivity index (χ3n) is 3.48. The van der Waals surface area contributed by atoms with Crippen molar-refractivity contribution in [2.45, 2.75) is 39.5 Å². The smallest absolute Gasteiger partial charge is 0.0865 e. The molecular weight excluding hydrogens is 172 g/mol. The SMILES string of the molecule is CCCC(C)C1CCN(CC#N)CC1. The van der Waals surface area contributed by atoms with E-state index in [9.17, 15) is 0 Å². The fourth-order valence-electron chi connectivity index (χ4n) is 2.47. The summed E-state index contributed by atoms with van der Waals surface area (Å²) >= 11 is 0. The second-order valence-electron chi connectivity index (χ2n) is 4.54. The minimum absolute atomic E-state index is 0.620. The van der Waals surface area contributed by atoms with Crippen LogP contribution in [0, 0.1) is 23.2 Å². The van der Waals surface area contributed by atoms with E-state index in [2.05, 4.69) is 24.8 Å². The minimum atomic E-state index is 0.620. The fourth-order valence-corrected chi connectivity index (χ4v) is 2.47. The molecule has 80 valence electrons. The summed E-state index contributed by atoms with van der Waals surface area (Å²) in [6.45, 7) is 7.53. The normalized spacial score (nSPS) is 21.8. The molecule has 1 heterocycles. The molecule has 1 fully saturated rings. The van der Waals surface area contributed by atoms with E-state index in [1.165, 1.54) is 25.7 Å². The first-order valence-corrected chi connectivity index (χ1v) is 5.87. The number of rotatable bonds is 4. The molecule has 0 aromatic rings. The van der Waals surface area contributed by atoms with Gasteiger partial charge in [0, 0.05) is 0 Å². The van der Waals surface area contributed by atoms with Crippen molar-refractivity contribution in [3.05, 3.63) is 0 Å². The Morgan fingerprint density at radius 3 is 2.57 bits per heavy atom. The van der Waals surface area contributed by atoms with Crippen molar-refractivity contribution in [1.82, 2.24) is 4.90 Å². The van der Waals surface area contributed by atoms with E-state index in [0.717, 1.165) is 24.9 Å². The number of hydrogen-bond acceptors (Lipinski definition) is 2. The first kappa shape index (κ1) is 11.5. The molecule has 0 aliphatic carbocycles. The first-order valence-electron chi connectivity index (χ1n) is 5.87. The average Bonchev–Trinajstić information content (AvgIpc) is 2.20. The maximum absolute atomic E-state index is 8.59. The zero-order chi connectivity index (χ0) is 10.4. The molecule has 0 bridgehead atoms. The molecule has 2 nitrogen and oxygen atoms in total. The van der Waals surface area contributed by atoms with Gasteiger partial charge in [-0.3, -0.25) is 4.90 Å². The van der Waals surface area contributed by atoms with E-state index in [1.807, 2.05) is 0 Å². The molecule has 0 saturated carbocycles. The Labute approximate surface area is 87.9 Å². The maximum Gasteiger partial charge on any atom is 0.0865 e. The summed E-state index contributed by atoms with van der Waals surface area (Å²) in [6, 6.07) is 2.23. The summed E-state index contributed by atoms with van der Waals surface area (Å²) in [5.74, 6) is 1.79. The predicted octanol–water partition coefficient (Wildman–Crippen LogP) is 2.66. The molecule has 0 N–H and O–H groups in total. The van der Waals surface area contributed by atoms with E-state index in [0.29, 0.717) is 6.54 Å². The molecule has 0 amide bonds. The van der Waals surface area contributed by atoms with Gasteiger partial charge in [0.15, 0.2) is 0 Å². The molecule has 1 atom stereocenters. The van der Waals surface area contributed by atoms with E-state index >= 15 is 0 Å². The van der Waals surface area contributed by atoms with Crippen LogP contribution in [0.15, 0.2) is 0 Å². The maximum atomic E-state index is 8.59. The van der Waals surface area contributed by atoms with Crippen LogP contribution in [0.25, 0.3) is 0 Å². The van der Waals surface area contributed by atoms with E-state index in [1.54, 1.807) is 0 Å². The quantitative estimate of drug-likeness (QED) is 0.643. The number of likely N-dealkylation sites (tertiary alicyclic amines) is 1. The summed E-state index contributed by atoms with van der Waals surface area (Å²) in [4.78, 5) is 2.27. The molecule has 1 saturated heterocycles. The molecule has 0 spiro atoms. The molecule has 0 aromatic carbocycles. The highest BCUT2D eigenvalue weighted by molar-refractivity contribution is 4.82. The van der Waals surface area contributed by atoms with Crippen LogP contribution in [-0.4, -0.2) is 24.5 Å². The Hall–Kier alpha value is -0.550. The minimum Gasteiger partial charge on any atom is -0.291 e. The molecule has 2 heteroatoms. The van der Waals surface area contributed by atoms with Gasteiger partial charge in [-0.25, -0.2) is 0 Å². The lowest BCUT2D eigenvalue weighted by atomic mass is 9.83. The standard InChI is InChI=1S/C12H22N2/c1-3-4-11(2)12-5-8-14(9-6-12)10-7-13/h11-12H,3-6,8-10H2,1-2H3. The molecular formula is C12H22N2. The third-order valence-corrected chi connectivity index (χ3v) is 3.48. The molecule has 1 aliphatic rings. The van der Waals surface area contributed by atoms with Crippen molar-refractivity contribution >= 4 is 0 Å². The van der Waals surface area contributed by atoms with Crippen LogP contribution in [0.1, 0.15) is 39.5 Å². The Morgan fingerprint density at radius 1 is 1.43 bits per heavy atom. The number of hydrogen-bond donors (Lipinski definition) is 0. The van der Waals surface area contributed by atoms with Crippen LogP contribution in [0.5, 0.6) is 0 Å². The van der Waals surface area contributed by atoms with Crippen molar-refractivity contribution in [3.63, 3.8) is 0 Å². The van der Waals surface area contributed by atoms with Gasteiger partial charge in [0.25, 0.3) is 0 Å². The Kier molecular flexibility index (Phi) is 4.97. The summed E-state index contributed by atoms with van der Waals surface area (Å²) in [6.07, 6.45) is 5.26. The van der Waals surface area contributed by atoms with Gasteiger partial charge in [-0.15, -0.1) is 0 Å². The lowest BCUT2D eigenvalue weighted by molar-refractivity contribution is 0.161. The second kappa shape index (κ2) is 6.03. The average molecular weight is 194 g/mol. The van der Waals surface area contributed by atoms with Crippen molar-refractivity contribution in [2.24, 2.45) is 11.8 Å². The summed E-state index contributed by atoms with van der Waals surface area (Å²) in [5.41, 5.74) is 0. The van der Waals surface area contributed by atoms with Gasteiger partial charge in [-0.2, -0.15) is 5.26 Å². The lowest BCUT2D eigenvalue weighted by Gasteiger charge is -2.33. The van der Waals surface area contributed by atoms with Crippen molar-refractivity contribution in [1.29, 1.82) is 5.26 Å². The topological polar surface area (TPSA) is 27.0 Å². The highest BCUT2D eigenvalue weighted by Gasteiger charge is 2.22. The molecule has 14 heavy (non-hydrogen) atoms. The van der Waals surface area contributed by atoms with Crippen LogP contribution in [0.3, 0.4) is 0 Å². The largest absolute Gasteiger partial charge is 0.291 e. The number of nitrogens with zero attached hydrogens (tertiary/aromatic N) is 2. The van der Waals surface area contributed by atoms with E-state index in [4.69, 9.17) is 5.26 Å². The van der Waals surface area contributed by atoms with Gasteiger partial charge >= 0.3 is 0 Å². The van der Waals surface area contributed by atoms with Crippen LogP contribution in [0.4, 0.5) is 0 Å². The van der Waals surface area contributed by atoms with Gasteiger partial charge in [-0.05, 0) is 37.8 Å². The molecule has 0 aromatic heterocycles. The van der Waals surface area contributed by atoms with Crippen LogP contribution < -0.4 is 0 Å². The highest BCUT2D eigenvalue weighted by atomic mass is 15.1. The number of piperidine rings is 1. The van der Waals surface area contributed by atoms with Gasteiger partial charge in [0.2, 0.25) is 0 Å². The fraction of sp³-hybridized carbons (Fsp3) is 0.917. The zero-order valence-electron chi connectivity index (χ0n) is 9.50. The monoisotopic (exact) mass is 194 g/mol. The van der Waals surface area contributed by atoms with Crippen molar-refractivity contribution < 1.29 is 0 Å². The Bertz CT molecular complexity index is 187. The third kappa shape index (κ3) is 3.31. The Morgan fingerprint density at radius 2 is 2.07 bits per heavy atom. The lowest BCUT2D eigenvalue weighted by Crippen LogP contribution is -2.35. The van der Waals surface area contributed by atoms with Crippen molar-refractivity contribution in [3.8, 4) is 6.07 Å². The van der Waals surface area contributed by atoms with Crippen molar-refractivity contribution in [2.75, 3.05) is 19.6 Å². The first-order chi connectivity index (χ1) is 6.77. The summed E-state index contributed by atoms with van der Waals surface area (Å²) < 4.78 is 0.